The molecule has 0 unspecified atom stereocenters. The average Bonchev–Trinajstić information content (AvgIpc) is 2.33. The smallest absolute Gasteiger partial charge is 0.0480 e. The molecule has 0 atom stereocenters. The Hall–Kier alpha value is -0.790. The van der Waals surface area contributed by atoms with E-state index in [4.69, 9.17) is 11.6 Å². The van der Waals surface area contributed by atoms with Gasteiger partial charge < -0.3 is 0 Å². The van der Waals surface area contributed by atoms with Crippen LogP contribution < -0.4 is 0 Å². The van der Waals surface area contributed by atoms with Gasteiger partial charge in [-0.05, 0) is 41.3 Å². The second kappa shape index (κ2) is 5.03. The van der Waals surface area contributed by atoms with Crippen LogP contribution in [-0.4, -0.2) is 0 Å². The van der Waals surface area contributed by atoms with Gasteiger partial charge in [0.1, 0.15) is 0 Å². The van der Waals surface area contributed by atoms with Gasteiger partial charge in [0.25, 0.3) is 0 Å². The second-order valence-electron chi connectivity index (χ2n) is 3.76. The monoisotopic (exact) mass is 294 g/mol. The lowest BCUT2D eigenvalue weighted by atomic mass is 9.98. The summed E-state index contributed by atoms with van der Waals surface area (Å²) >= 11 is 9.52. The fraction of sp³-hybridized carbons (Fsp3) is 0.143. The predicted octanol–water partition coefficient (Wildman–Crippen LogP) is 5.16. The third-order valence-electron chi connectivity index (χ3n) is 2.61. The van der Waals surface area contributed by atoms with Gasteiger partial charge in [-0.25, -0.2) is 0 Å². The molecule has 0 aliphatic carbocycles. The summed E-state index contributed by atoms with van der Waals surface area (Å²) in [5.74, 6) is 0.531. The first-order valence-electron chi connectivity index (χ1n) is 5.13. The number of halogens is 2. The van der Waals surface area contributed by atoms with Crippen molar-refractivity contribution in [1.29, 1.82) is 0 Å². The molecule has 0 aliphatic heterocycles. The summed E-state index contributed by atoms with van der Waals surface area (Å²) in [5.41, 5.74) is 4.82. The number of hydrogen-bond acceptors (Lipinski definition) is 0. The van der Waals surface area contributed by atoms with Crippen LogP contribution >= 0.6 is 27.5 Å². The Morgan fingerprint density at radius 1 is 1.12 bits per heavy atom. The van der Waals surface area contributed by atoms with Gasteiger partial charge in [0.15, 0.2) is 0 Å². The molecule has 0 aromatic heterocycles. The van der Waals surface area contributed by atoms with Crippen molar-refractivity contribution in [2.45, 2.75) is 12.8 Å². The summed E-state index contributed by atoms with van der Waals surface area (Å²) in [4.78, 5) is 0. The Labute approximate surface area is 109 Å². The highest BCUT2D eigenvalue weighted by Gasteiger charge is 2.07. The van der Waals surface area contributed by atoms with Crippen molar-refractivity contribution >= 4 is 27.5 Å². The molecule has 0 saturated heterocycles. The van der Waals surface area contributed by atoms with E-state index in [9.17, 15) is 0 Å². The van der Waals surface area contributed by atoms with Crippen LogP contribution in [0.5, 0.6) is 0 Å². The van der Waals surface area contributed by atoms with E-state index in [0.717, 1.165) is 10.0 Å². The van der Waals surface area contributed by atoms with E-state index in [0.29, 0.717) is 5.88 Å². The molecule has 2 heteroatoms. The zero-order chi connectivity index (χ0) is 11.5. The highest BCUT2D eigenvalue weighted by Crippen LogP contribution is 2.30. The van der Waals surface area contributed by atoms with Crippen LogP contribution in [0.15, 0.2) is 46.9 Å². The maximum Gasteiger partial charge on any atom is 0.0480 e. The van der Waals surface area contributed by atoms with Crippen molar-refractivity contribution in [2.24, 2.45) is 0 Å². The average molecular weight is 296 g/mol. The van der Waals surface area contributed by atoms with Gasteiger partial charge in [-0.15, -0.1) is 11.6 Å². The molecule has 0 heterocycles. The van der Waals surface area contributed by atoms with Crippen molar-refractivity contribution in [3.8, 4) is 11.1 Å². The van der Waals surface area contributed by atoms with Crippen molar-refractivity contribution in [3.05, 3.63) is 58.1 Å². The number of hydrogen-bond donors (Lipinski definition) is 0. The largest absolute Gasteiger partial charge is 0.122 e. The van der Waals surface area contributed by atoms with Gasteiger partial charge in [0, 0.05) is 10.4 Å². The topological polar surface area (TPSA) is 0 Å². The molecule has 0 radical (unpaired) electrons. The molecule has 0 nitrogen and oxygen atoms in total. The Balaban J connectivity index is 2.60. The molecular weight excluding hydrogens is 284 g/mol. The lowest BCUT2D eigenvalue weighted by Crippen LogP contribution is -1.89. The standard InChI is InChI=1S/C14H12BrCl/c1-10-7-13(11-5-3-2-4-6-11)12(9-16)8-14(10)15/h2-8H,9H2,1H3. The first-order valence-corrected chi connectivity index (χ1v) is 6.45. The van der Waals surface area contributed by atoms with E-state index in [1.807, 2.05) is 18.2 Å². The van der Waals surface area contributed by atoms with Crippen molar-refractivity contribution in [3.63, 3.8) is 0 Å². The summed E-state index contributed by atoms with van der Waals surface area (Å²) in [6.45, 7) is 2.09. The molecule has 16 heavy (non-hydrogen) atoms. The van der Waals surface area contributed by atoms with Gasteiger partial charge in [-0.3, -0.25) is 0 Å². The van der Waals surface area contributed by atoms with E-state index in [2.05, 4.69) is 47.1 Å². The fourth-order valence-electron chi connectivity index (χ4n) is 1.72. The molecular formula is C14H12BrCl. The third-order valence-corrected chi connectivity index (χ3v) is 3.76. The zero-order valence-electron chi connectivity index (χ0n) is 9.00. The molecule has 82 valence electrons. The van der Waals surface area contributed by atoms with Crippen LogP contribution in [-0.2, 0) is 5.88 Å². The SMILES string of the molecule is Cc1cc(-c2ccccc2)c(CCl)cc1Br. The summed E-state index contributed by atoms with van der Waals surface area (Å²) in [5, 5.41) is 0. The van der Waals surface area contributed by atoms with Crippen LogP contribution in [0.4, 0.5) is 0 Å². The molecule has 0 aliphatic rings. The Morgan fingerprint density at radius 3 is 2.44 bits per heavy atom. The van der Waals surface area contributed by atoms with E-state index in [-0.39, 0.29) is 0 Å². The lowest BCUT2D eigenvalue weighted by molar-refractivity contribution is 1.33. The Bertz CT molecular complexity index is 492. The van der Waals surface area contributed by atoms with Crippen molar-refractivity contribution < 1.29 is 0 Å². The van der Waals surface area contributed by atoms with Crippen LogP contribution in [0.25, 0.3) is 11.1 Å². The molecule has 2 rings (SSSR count). The first-order chi connectivity index (χ1) is 7.72. The number of rotatable bonds is 2. The zero-order valence-corrected chi connectivity index (χ0v) is 11.3. The minimum absolute atomic E-state index is 0.531. The molecule has 0 spiro atoms. The molecule has 2 aromatic carbocycles. The normalized spacial score (nSPS) is 10.4. The lowest BCUT2D eigenvalue weighted by Gasteiger charge is -2.10. The maximum atomic E-state index is 5.99. The molecule has 2 aromatic rings. The Kier molecular flexibility index (Phi) is 3.67. The van der Waals surface area contributed by atoms with Crippen LogP contribution in [0, 0.1) is 6.92 Å². The van der Waals surface area contributed by atoms with E-state index in [1.165, 1.54) is 16.7 Å². The van der Waals surface area contributed by atoms with Crippen LogP contribution in [0.3, 0.4) is 0 Å². The minimum Gasteiger partial charge on any atom is -0.122 e. The van der Waals surface area contributed by atoms with Gasteiger partial charge in [0.05, 0.1) is 0 Å². The van der Waals surface area contributed by atoms with Crippen LogP contribution in [0.1, 0.15) is 11.1 Å². The van der Waals surface area contributed by atoms with E-state index in [1.54, 1.807) is 0 Å². The van der Waals surface area contributed by atoms with Gasteiger partial charge in [0.2, 0.25) is 0 Å². The minimum atomic E-state index is 0.531. The molecule has 0 N–H and O–H groups in total. The highest BCUT2D eigenvalue weighted by atomic mass is 79.9. The van der Waals surface area contributed by atoms with Crippen molar-refractivity contribution in [1.82, 2.24) is 0 Å². The quantitative estimate of drug-likeness (QED) is 0.671. The van der Waals surface area contributed by atoms with Gasteiger partial charge >= 0.3 is 0 Å². The Morgan fingerprint density at radius 2 is 1.81 bits per heavy atom. The van der Waals surface area contributed by atoms with E-state index < -0.39 is 0 Å². The fourth-order valence-corrected chi connectivity index (χ4v) is 2.33. The summed E-state index contributed by atoms with van der Waals surface area (Å²) < 4.78 is 1.11. The highest BCUT2D eigenvalue weighted by molar-refractivity contribution is 9.10. The second-order valence-corrected chi connectivity index (χ2v) is 4.88. The van der Waals surface area contributed by atoms with Crippen LogP contribution in [0.2, 0.25) is 0 Å². The molecule has 0 fully saturated rings. The molecule has 0 bridgehead atoms. The number of aryl methyl sites for hydroxylation is 1. The third kappa shape index (κ3) is 2.31. The number of benzene rings is 2. The maximum absolute atomic E-state index is 5.99. The molecule has 0 amide bonds. The summed E-state index contributed by atoms with van der Waals surface area (Å²) in [6.07, 6.45) is 0. The van der Waals surface area contributed by atoms with Crippen molar-refractivity contribution in [2.75, 3.05) is 0 Å². The molecule has 0 saturated carbocycles. The predicted molar refractivity (Wildman–Crippen MR) is 73.9 cm³/mol. The van der Waals surface area contributed by atoms with Gasteiger partial charge in [-0.1, -0.05) is 46.3 Å². The van der Waals surface area contributed by atoms with Gasteiger partial charge in [-0.2, -0.15) is 0 Å². The number of alkyl halides is 1. The summed E-state index contributed by atoms with van der Waals surface area (Å²) in [7, 11) is 0. The summed E-state index contributed by atoms with van der Waals surface area (Å²) in [6, 6.07) is 14.6. The van der Waals surface area contributed by atoms with E-state index >= 15 is 0 Å². The first kappa shape index (κ1) is 11.7.